The van der Waals surface area contributed by atoms with Crippen molar-refractivity contribution in [3.8, 4) is 6.07 Å². The lowest BCUT2D eigenvalue weighted by molar-refractivity contribution is -0.139. The van der Waals surface area contributed by atoms with E-state index in [1.807, 2.05) is 19.1 Å². The number of carbonyl (C=O) groups excluding carboxylic acids is 3. The van der Waals surface area contributed by atoms with Gasteiger partial charge in [0.25, 0.3) is 5.91 Å². The topological polar surface area (TPSA) is 123 Å². The van der Waals surface area contributed by atoms with E-state index in [2.05, 4.69) is 16.7 Å². The molecule has 1 unspecified atom stereocenters. The fourth-order valence-corrected chi connectivity index (χ4v) is 4.90. The average molecular weight is 479 g/mol. The van der Waals surface area contributed by atoms with Gasteiger partial charge in [0.2, 0.25) is 11.8 Å². The molecule has 0 aliphatic carbocycles. The smallest absolute Gasteiger partial charge is 0.254 e. The second-order valence-electron chi connectivity index (χ2n) is 9.05. The number of hydrogen-bond donors (Lipinski definition) is 3. The maximum atomic E-state index is 13.6. The summed E-state index contributed by atoms with van der Waals surface area (Å²) < 4.78 is 13.2. The lowest BCUT2D eigenvalue weighted by Gasteiger charge is -2.28. The Morgan fingerprint density at radius 1 is 1.29 bits per heavy atom. The summed E-state index contributed by atoms with van der Waals surface area (Å²) in [6, 6.07) is 12.4. The van der Waals surface area contributed by atoms with Crippen molar-refractivity contribution in [1.82, 2.24) is 10.2 Å². The monoisotopic (exact) mass is 478 g/mol. The Bertz CT molecular complexity index is 1180. The van der Waals surface area contributed by atoms with Gasteiger partial charge in [0.1, 0.15) is 17.9 Å². The van der Waals surface area contributed by atoms with Crippen molar-refractivity contribution in [2.45, 2.75) is 56.2 Å². The maximum Gasteiger partial charge on any atom is 0.254 e. The highest BCUT2D eigenvalue weighted by Gasteiger charge is 2.56. The zero-order chi connectivity index (χ0) is 25.2. The van der Waals surface area contributed by atoms with Crippen LogP contribution in [-0.2, 0) is 19.8 Å². The van der Waals surface area contributed by atoms with Crippen LogP contribution in [0.3, 0.4) is 0 Å². The molecule has 2 aliphatic heterocycles. The molecule has 4 atom stereocenters. The second-order valence-corrected chi connectivity index (χ2v) is 9.05. The number of para-hydroxylation sites is 1. The minimum atomic E-state index is -1.59. The van der Waals surface area contributed by atoms with Crippen LogP contribution in [0, 0.1) is 17.1 Å². The molecule has 1 spiro atoms. The number of anilines is 1. The summed E-state index contributed by atoms with van der Waals surface area (Å²) in [7, 11) is 0. The van der Waals surface area contributed by atoms with Gasteiger partial charge in [0.15, 0.2) is 6.10 Å². The first kappa shape index (κ1) is 24.4. The van der Waals surface area contributed by atoms with Crippen LogP contribution in [0.15, 0.2) is 48.5 Å². The summed E-state index contributed by atoms with van der Waals surface area (Å²) in [4.78, 5) is 40.8. The number of nitriles is 1. The van der Waals surface area contributed by atoms with E-state index in [1.54, 1.807) is 12.1 Å². The number of likely N-dealkylation sites (tertiary alicyclic amines) is 1. The van der Waals surface area contributed by atoms with E-state index in [0.717, 1.165) is 24.1 Å². The normalized spacial score (nSPS) is 22.3. The molecule has 0 bridgehead atoms. The van der Waals surface area contributed by atoms with E-state index < -0.39 is 41.2 Å². The van der Waals surface area contributed by atoms with Crippen LogP contribution in [0.1, 0.15) is 49.8 Å². The molecule has 2 aromatic rings. The number of aliphatic hydroxyl groups is 1. The van der Waals surface area contributed by atoms with Gasteiger partial charge in [-0.05, 0) is 35.7 Å². The van der Waals surface area contributed by atoms with Crippen molar-refractivity contribution in [3.05, 3.63) is 65.5 Å². The van der Waals surface area contributed by atoms with Gasteiger partial charge in [-0.25, -0.2) is 4.39 Å². The Morgan fingerprint density at radius 3 is 2.69 bits per heavy atom. The molecule has 0 radical (unpaired) electrons. The van der Waals surface area contributed by atoms with Crippen LogP contribution in [0.4, 0.5) is 10.1 Å². The van der Waals surface area contributed by atoms with Gasteiger partial charge in [0, 0.05) is 18.7 Å². The van der Waals surface area contributed by atoms with Gasteiger partial charge in [-0.3, -0.25) is 14.4 Å². The first-order valence-electron chi connectivity index (χ1n) is 11.7. The molecule has 1 fully saturated rings. The van der Waals surface area contributed by atoms with Crippen LogP contribution in [-0.4, -0.2) is 46.4 Å². The summed E-state index contributed by atoms with van der Waals surface area (Å²) in [5.74, 6) is -2.02. The Morgan fingerprint density at radius 2 is 2.00 bits per heavy atom. The molecule has 0 aromatic heterocycles. The highest BCUT2D eigenvalue weighted by atomic mass is 19.1. The van der Waals surface area contributed by atoms with Gasteiger partial charge in [-0.2, -0.15) is 5.26 Å². The average Bonchev–Trinajstić information content (AvgIpc) is 3.39. The number of nitrogens with zero attached hydrogens (tertiary/aromatic N) is 2. The molecule has 1 saturated heterocycles. The number of hydrogen-bond acceptors (Lipinski definition) is 5. The van der Waals surface area contributed by atoms with Crippen molar-refractivity contribution in [1.29, 1.82) is 5.26 Å². The number of rotatable bonds is 7. The molecule has 9 heteroatoms. The summed E-state index contributed by atoms with van der Waals surface area (Å²) >= 11 is 0. The highest BCUT2D eigenvalue weighted by Crippen LogP contribution is 2.46. The largest absolute Gasteiger partial charge is 0.378 e. The number of benzene rings is 2. The lowest BCUT2D eigenvalue weighted by atomic mass is 9.80. The molecule has 4 rings (SSSR count). The first-order chi connectivity index (χ1) is 16.8. The van der Waals surface area contributed by atoms with Crippen LogP contribution < -0.4 is 10.6 Å². The van der Waals surface area contributed by atoms with Crippen molar-refractivity contribution >= 4 is 23.4 Å². The van der Waals surface area contributed by atoms with Crippen molar-refractivity contribution < 1.29 is 23.9 Å². The molecule has 2 aromatic carbocycles. The molecule has 2 heterocycles. The van der Waals surface area contributed by atoms with E-state index in [0.29, 0.717) is 18.5 Å². The van der Waals surface area contributed by atoms with Crippen molar-refractivity contribution in [3.63, 3.8) is 0 Å². The molecular weight excluding hydrogens is 451 g/mol. The number of carbonyl (C=O) groups is 3. The molecule has 2 aliphatic rings. The predicted molar refractivity (Wildman–Crippen MR) is 125 cm³/mol. The fourth-order valence-electron chi connectivity index (χ4n) is 4.90. The van der Waals surface area contributed by atoms with Crippen LogP contribution in [0.5, 0.6) is 0 Å². The van der Waals surface area contributed by atoms with Gasteiger partial charge < -0.3 is 20.6 Å². The predicted octanol–water partition coefficient (Wildman–Crippen LogP) is 2.55. The quantitative estimate of drug-likeness (QED) is 0.565. The molecule has 3 N–H and O–H groups in total. The molecule has 8 nitrogen and oxygen atoms in total. The number of unbranched alkanes of at least 4 members (excludes halogenated alkanes) is 1. The van der Waals surface area contributed by atoms with Gasteiger partial charge in [0.05, 0.1) is 11.5 Å². The standard InChI is InChI=1S/C26H27FN4O4/c1-2-3-7-21(29-23(33)22(32)16-9-11-17(27)12-10-16)24(34)31-15-26(13-18(31)14-28)19-6-4-5-8-20(19)30-25(26)35/h4-6,8-12,18,21-22,32H,2-3,7,13,15H2,1H3,(H,29,33)(H,30,35)/t18-,21-,22+,26?/m0/s1. The van der Waals surface area contributed by atoms with Crippen LogP contribution >= 0.6 is 0 Å². The van der Waals surface area contributed by atoms with E-state index >= 15 is 0 Å². The third kappa shape index (κ3) is 4.49. The highest BCUT2D eigenvalue weighted by molar-refractivity contribution is 6.07. The third-order valence-electron chi connectivity index (χ3n) is 6.81. The Balaban J connectivity index is 1.56. The second kappa shape index (κ2) is 9.84. The van der Waals surface area contributed by atoms with E-state index in [9.17, 15) is 29.1 Å². The lowest BCUT2D eigenvalue weighted by Crippen LogP contribution is -2.51. The number of halogens is 1. The minimum Gasteiger partial charge on any atom is -0.378 e. The third-order valence-corrected chi connectivity index (χ3v) is 6.81. The number of fused-ring (bicyclic) bond motifs is 2. The first-order valence-corrected chi connectivity index (χ1v) is 11.7. The summed E-state index contributed by atoms with van der Waals surface area (Å²) in [6.07, 6.45) is 0.272. The van der Waals surface area contributed by atoms with E-state index in [4.69, 9.17) is 0 Å². The van der Waals surface area contributed by atoms with Gasteiger partial charge in [-0.1, -0.05) is 50.1 Å². The fraction of sp³-hybridized carbons (Fsp3) is 0.385. The van der Waals surface area contributed by atoms with Crippen molar-refractivity contribution in [2.75, 3.05) is 11.9 Å². The van der Waals surface area contributed by atoms with Crippen molar-refractivity contribution in [2.24, 2.45) is 0 Å². The Kier molecular flexibility index (Phi) is 6.85. The van der Waals surface area contributed by atoms with Gasteiger partial charge >= 0.3 is 0 Å². The maximum absolute atomic E-state index is 13.6. The zero-order valence-corrected chi connectivity index (χ0v) is 19.3. The summed E-state index contributed by atoms with van der Waals surface area (Å²) in [6.45, 7) is 1.96. The molecular formula is C26H27FN4O4. The summed E-state index contributed by atoms with van der Waals surface area (Å²) in [5.41, 5.74) is 0.586. The Hall–Kier alpha value is -3.77. The van der Waals surface area contributed by atoms with Crippen LogP contribution in [0.2, 0.25) is 0 Å². The number of amides is 3. The molecule has 0 saturated carbocycles. The SMILES string of the molecule is CCCC[C@H](NC(=O)[C@H](O)c1ccc(F)cc1)C(=O)N1CC2(C[C@H]1C#N)C(=O)Nc1ccccc12. The number of aliphatic hydroxyl groups excluding tert-OH is 1. The summed E-state index contributed by atoms with van der Waals surface area (Å²) in [5, 5.41) is 25.7. The Labute approximate surface area is 202 Å². The number of nitrogens with one attached hydrogen (secondary N) is 2. The van der Waals surface area contributed by atoms with Crippen LogP contribution in [0.25, 0.3) is 0 Å². The zero-order valence-electron chi connectivity index (χ0n) is 19.3. The van der Waals surface area contributed by atoms with Gasteiger partial charge in [-0.15, -0.1) is 0 Å². The molecule has 182 valence electrons. The molecule has 3 amide bonds. The minimum absolute atomic E-state index is 0.0198. The molecule has 35 heavy (non-hydrogen) atoms. The van der Waals surface area contributed by atoms with E-state index in [-0.39, 0.29) is 24.4 Å². The van der Waals surface area contributed by atoms with E-state index in [1.165, 1.54) is 17.0 Å².